The molecule has 0 saturated heterocycles. The summed E-state index contributed by atoms with van der Waals surface area (Å²) in [5, 5.41) is 0. The van der Waals surface area contributed by atoms with Gasteiger partial charge in [-0.3, -0.25) is 9.59 Å². The van der Waals surface area contributed by atoms with E-state index in [1.54, 1.807) is 0 Å². The van der Waals surface area contributed by atoms with Crippen LogP contribution in [0, 0.1) is 11.8 Å². The van der Waals surface area contributed by atoms with Gasteiger partial charge >= 0.3 is 0 Å². The molecule has 74 valence electrons. The van der Waals surface area contributed by atoms with Crippen LogP contribution in [-0.4, -0.2) is 11.6 Å². The Balaban J connectivity index is 2.32. The third kappa shape index (κ3) is 1.53. The Morgan fingerprint density at radius 3 is 1.86 bits per heavy atom. The molecule has 14 heavy (non-hydrogen) atoms. The van der Waals surface area contributed by atoms with Crippen LogP contribution in [0.25, 0.3) is 0 Å². The van der Waals surface area contributed by atoms with Crippen LogP contribution in [0.4, 0.5) is 0 Å². The van der Waals surface area contributed by atoms with Crippen LogP contribution in [0.15, 0.2) is 22.2 Å². The van der Waals surface area contributed by atoms with Gasteiger partial charge in [0.25, 0.3) is 0 Å². The Hall–Kier alpha value is -0.600. The van der Waals surface area contributed by atoms with E-state index in [1.807, 2.05) is 0 Å². The minimum atomic E-state index is -0.227. The molecule has 1 saturated carbocycles. The van der Waals surface area contributed by atoms with E-state index in [4.69, 9.17) is 23.2 Å². The van der Waals surface area contributed by atoms with Gasteiger partial charge in [-0.05, 0) is 30.6 Å². The third-order valence-corrected chi connectivity index (χ3v) is 3.36. The highest BCUT2D eigenvalue weighted by atomic mass is 35.5. The first-order valence-electron chi connectivity index (χ1n) is 4.38. The molecule has 0 aliphatic heterocycles. The summed E-state index contributed by atoms with van der Waals surface area (Å²) >= 11 is 11.3. The van der Waals surface area contributed by atoms with E-state index in [0.717, 1.165) is 5.57 Å². The highest BCUT2D eigenvalue weighted by Gasteiger charge is 2.41. The van der Waals surface area contributed by atoms with Crippen molar-refractivity contribution in [3.8, 4) is 0 Å². The Morgan fingerprint density at radius 2 is 1.50 bits per heavy atom. The topological polar surface area (TPSA) is 34.1 Å². The number of fused-ring (bicyclic) bond motifs is 1. The molecule has 0 N–H and O–H groups in total. The van der Waals surface area contributed by atoms with E-state index in [0.29, 0.717) is 12.8 Å². The molecule has 2 rings (SSSR count). The number of allylic oxidation sites excluding steroid dienone is 3. The largest absolute Gasteiger partial charge is 0.295 e. The quantitative estimate of drug-likeness (QED) is 0.641. The average molecular weight is 231 g/mol. The van der Waals surface area contributed by atoms with Gasteiger partial charge in [0, 0.05) is 11.8 Å². The van der Waals surface area contributed by atoms with Crippen molar-refractivity contribution in [3.63, 3.8) is 0 Å². The lowest BCUT2D eigenvalue weighted by atomic mass is 9.84. The first-order valence-corrected chi connectivity index (χ1v) is 5.14. The third-order valence-electron chi connectivity index (χ3n) is 2.83. The summed E-state index contributed by atoms with van der Waals surface area (Å²) in [4.78, 5) is 22.9. The molecule has 0 spiro atoms. The highest BCUT2D eigenvalue weighted by Crippen LogP contribution is 2.42. The second kappa shape index (κ2) is 3.52. The number of carbonyl (C=O) groups excluding carboxylic acids is 2. The molecule has 0 bridgehead atoms. The van der Waals surface area contributed by atoms with Crippen molar-refractivity contribution in [3.05, 3.63) is 22.2 Å². The smallest absolute Gasteiger partial charge is 0.159 e. The van der Waals surface area contributed by atoms with Gasteiger partial charge in [0.1, 0.15) is 4.49 Å². The first-order chi connectivity index (χ1) is 6.59. The Morgan fingerprint density at radius 1 is 1.07 bits per heavy atom. The second-order valence-corrected chi connectivity index (χ2v) is 4.57. The normalized spacial score (nSPS) is 30.9. The van der Waals surface area contributed by atoms with E-state index < -0.39 is 0 Å². The maximum Gasteiger partial charge on any atom is 0.159 e. The van der Waals surface area contributed by atoms with E-state index in [1.165, 1.54) is 12.2 Å². The van der Waals surface area contributed by atoms with Crippen molar-refractivity contribution in [2.24, 2.45) is 11.8 Å². The van der Waals surface area contributed by atoms with E-state index in [-0.39, 0.29) is 27.9 Å². The van der Waals surface area contributed by atoms with Crippen LogP contribution in [0.2, 0.25) is 0 Å². The number of hydrogen-bond donors (Lipinski definition) is 0. The van der Waals surface area contributed by atoms with Gasteiger partial charge < -0.3 is 0 Å². The minimum Gasteiger partial charge on any atom is -0.295 e. The van der Waals surface area contributed by atoms with Crippen molar-refractivity contribution in [2.45, 2.75) is 12.8 Å². The molecule has 0 aromatic rings. The zero-order valence-electron chi connectivity index (χ0n) is 7.30. The molecule has 2 nitrogen and oxygen atoms in total. The lowest BCUT2D eigenvalue weighted by Gasteiger charge is -2.16. The van der Waals surface area contributed by atoms with Gasteiger partial charge in [0.2, 0.25) is 0 Å². The molecule has 2 atom stereocenters. The standard InChI is InChI=1S/C10H8Cl2O2/c11-10(12)5-3-6-7(4-5)9(14)2-1-8(6)13/h1-2,6-7H,3-4H2. The zero-order valence-corrected chi connectivity index (χ0v) is 8.81. The first kappa shape index (κ1) is 9.94. The van der Waals surface area contributed by atoms with Crippen LogP contribution in [0.5, 0.6) is 0 Å². The molecule has 2 unspecified atom stereocenters. The summed E-state index contributed by atoms with van der Waals surface area (Å²) < 4.78 is 0.208. The minimum absolute atomic E-state index is 0.0131. The van der Waals surface area contributed by atoms with Gasteiger partial charge in [-0.1, -0.05) is 23.2 Å². The second-order valence-electron chi connectivity index (χ2n) is 3.62. The molecule has 1 fully saturated rings. The summed E-state index contributed by atoms with van der Waals surface area (Å²) in [5.41, 5.74) is 0.828. The summed E-state index contributed by atoms with van der Waals surface area (Å²) in [7, 11) is 0. The van der Waals surface area contributed by atoms with Crippen molar-refractivity contribution >= 4 is 34.8 Å². The van der Waals surface area contributed by atoms with E-state index in [2.05, 4.69) is 0 Å². The van der Waals surface area contributed by atoms with Crippen LogP contribution < -0.4 is 0 Å². The van der Waals surface area contributed by atoms with Crippen LogP contribution >= 0.6 is 23.2 Å². The lowest BCUT2D eigenvalue weighted by molar-refractivity contribution is -0.127. The van der Waals surface area contributed by atoms with Crippen molar-refractivity contribution in [1.29, 1.82) is 0 Å². The monoisotopic (exact) mass is 230 g/mol. The summed E-state index contributed by atoms with van der Waals surface area (Å²) in [6.45, 7) is 0. The molecular weight excluding hydrogens is 223 g/mol. The molecule has 2 aliphatic carbocycles. The van der Waals surface area contributed by atoms with Gasteiger partial charge in [0.05, 0.1) is 0 Å². The van der Waals surface area contributed by atoms with Crippen molar-refractivity contribution in [2.75, 3.05) is 0 Å². The SMILES string of the molecule is O=C1C=CC(=O)C2CC(=C(Cl)Cl)CC12. The summed E-state index contributed by atoms with van der Waals surface area (Å²) in [6, 6.07) is 0. The molecule has 2 aliphatic rings. The molecule has 0 heterocycles. The van der Waals surface area contributed by atoms with Crippen molar-refractivity contribution in [1.82, 2.24) is 0 Å². The van der Waals surface area contributed by atoms with Gasteiger partial charge in [-0.15, -0.1) is 0 Å². The number of halogens is 2. The molecular formula is C10H8Cl2O2. The maximum atomic E-state index is 11.4. The average Bonchev–Trinajstić information content (AvgIpc) is 2.57. The molecule has 0 aromatic carbocycles. The number of carbonyl (C=O) groups is 2. The lowest BCUT2D eigenvalue weighted by Crippen LogP contribution is -2.27. The van der Waals surface area contributed by atoms with Crippen molar-refractivity contribution < 1.29 is 9.59 Å². The molecule has 0 aromatic heterocycles. The predicted octanol–water partition coefficient (Wildman–Crippen LogP) is 2.41. The summed E-state index contributed by atoms with van der Waals surface area (Å²) in [6.07, 6.45) is 3.77. The summed E-state index contributed by atoms with van der Waals surface area (Å²) in [5.74, 6) is -0.427. The van der Waals surface area contributed by atoms with E-state index in [9.17, 15) is 9.59 Å². The van der Waals surface area contributed by atoms with Gasteiger partial charge in [-0.2, -0.15) is 0 Å². The molecule has 4 heteroatoms. The number of rotatable bonds is 0. The Kier molecular flexibility index (Phi) is 2.50. The predicted molar refractivity (Wildman–Crippen MR) is 54.1 cm³/mol. The number of hydrogen-bond acceptors (Lipinski definition) is 2. The molecule has 0 radical (unpaired) electrons. The fraction of sp³-hybridized carbons (Fsp3) is 0.400. The Labute approximate surface area is 91.6 Å². The fourth-order valence-corrected chi connectivity index (χ4v) is 2.37. The molecule has 0 amide bonds. The number of ketones is 2. The van der Waals surface area contributed by atoms with Crippen LogP contribution in [-0.2, 0) is 9.59 Å². The van der Waals surface area contributed by atoms with Crippen LogP contribution in [0.3, 0.4) is 0 Å². The fourth-order valence-electron chi connectivity index (χ4n) is 2.06. The van der Waals surface area contributed by atoms with E-state index >= 15 is 0 Å². The maximum absolute atomic E-state index is 11.4. The van der Waals surface area contributed by atoms with Crippen LogP contribution in [0.1, 0.15) is 12.8 Å². The highest BCUT2D eigenvalue weighted by molar-refractivity contribution is 6.56. The zero-order chi connectivity index (χ0) is 10.3. The van der Waals surface area contributed by atoms with Gasteiger partial charge in [-0.25, -0.2) is 0 Å². The van der Waals surface area contributed by atoms with Gasteiger partial charge in [0.15, 0.2) is 11.6 Å². The Bertz CT molecular complexity index is 336.